The molecule has 0 bridgehead atoms. The second-order valence-corrected chi connectivity index (χ2v) is 8.27. The molecule has 0 radical (unpaired) electrons. The molecule has 1 aliphatic carbocycles. The van der Waals surface area contributed by atoms with Gasteiger partial charge in [0.25, 0.3) is 5.91 Å². The fourth-order valence-electron chi connectivity index (χ4n) is 4.56. The van der Waals surface area contributed by atoms with E-state index in [0.717, 1.165) is 35.5 Å². The summed E-state index contributed by atoms with van der Waals surface area (Å²) in [4.78, 5) is 31.4. The predicted molar refractivity (Wildman–Crippen MR) is 114 cm³/mol. The van der Waals surface area contributed by atoms with Gasteiger partial charge in [-0.1, -0.05) is 13.0 Å². The summed E-state index contributed by atoms with van der Waals surface area (Å²) in [6.45, 7) is 5.84. The predicted octanol–water partition coefficient (Wildman–Crippen LogP) is 3.68. The Kier molecular flexibility index (Phi) is 5.03. The van der Waals surface area contributed by atoms with Crippen molar-refractivity contribution in [2.45, 2.75) is 45.7 Å². The highest BCUT2D eigenvalue weighted by Crippen LogP contribution is 2.50. The van der Waals surface area contributed by atoms with Crippen molar-refractivity contribution in [1.29, 1.82) is 0 Å². The zero-order chi connectivity index (χ0) is 20.7. The Balaban J connectivity index is 1.82. The van der Waals surface area contributed by atoms with Crippen LogP contribution in [0.1, 0.15) is 54.2 Å². The van der Waals surface area contributed by atoms with Crippen molar-refractivity contribution < 1.29 is 9.59 Å². The Morgan fingerprint density at radius 3 is 2.52 bits per heavy atom. The van der Waals surface area contributed by atoms with Crippen molar-refractivity contribution in [2.24, 2.45) is 11.8 Å². The molecular formula is C23H28N4O2. The number of benzene rings is 1. The number of hydrogen-bond acceptors (Lipinski definition) is 4. The number of aromatic nitrogens is 1. The minimum atomic E-state index is -0.133. The lowest BCUT2D eigenvalue weighted by atomic mass is 9.79. The van der Waals surface area contributed by atoms with Gasteiger partial charge in [0.05, 0.1) is 6.04 Å². The van der Waals surface area contributed by atoms with Crippen LogP contribution in [0.4, 0.5) is 11.5 Å². The normalized spacial score (nSPS) is 23.3. The first-order valence-electron chi connectivity index (χ1n) is 10.3. The highest BCUT2D eigenvalue weighted by molar-refractivity contribution is 5.98. The molecule has 6 heteroatoms. The molecule has 2 amide bonds. The molecule has 2 aromatic rings. The smallest absolute Gasteiger partial charge is 0.251 e. The molecule has 1 aliphatic heterocycles. The van der Waals surface area contributed by atoms with E-state index in [2.05, 4.69) is 22.5 Å². The summed E-state index contributed by atoms with van der Waals surface area (Å²) >= 11 is 0. The minimum Gasteiger partial charge on any atom is -0.363 e. The molecule has 4 rings (SSSR count). The van der Waals surface area contributed by atoms with Crippen LogP contribution in [0.25, 0.3) is 0 Å². The fraction of sp³-hybridized carbons (Fsp3) is 0.435. The van der Waals surface area contributed by atoms with Gasteiger partial charge in [0.2, 0.25) is 5.91 Å². The third kappa shape index (κ3) is 3.59. The molecule has 2 heterocycles. The first-order chi connectivity index (χ1) is 13.9. The summed E-state index contributed by atoms with van der Waals surface area (Å²) in [6.07, 6.45) is 4.15. The number of amides is 2. The van der Waals surface area contributed by atoms with Gasteiger partial charge in [-0.15, -0.1) is 0 Å². The summed E-state index contributed by atoms with van der Waals surface area (Å²) in [6, 6.07) is 9.75. The van der Waals surface area contributed by atoms with Crippen LogP contribution >= 0.6 is 0 Å². The summed E-state index contributed by atoms with van der Waals surface area (Å²) in [7, 11) is 1.63. The lowest BCUT2D eigenvalue weighted by Gasteiger charge is -2.46. The Morgan fingerprint density at radius 1 is 1.17 bits per heavy atom. The number of pyridine rings is 1. The van der Waals surface area contributed by atoms with Gasteiger partial charge in [-0.3, -0.25) is 9.59 Å². The molecule has 0 saturated heterocycles. The second-order valence-electron chi connectivity index (χ2n) is 8.27. The Hall–Kier alpha value is -2.89. The monoisotopic (exact) mass is 392 g/mol. The Labute approximate surface area is 171 Å². The van der Waals surface area contributed by atoms with Crippen LogP contribution < -0.4 is 15.5 Å². The summed E-state index contributed by atoms with van der Waals surface area (Å²) < 4.78 is 0. The summed E-state index contributed by atoms with van der Waals surface area (Å²) in [5, 5.41) is 6.28. The number of nitrogens with zero attached hydrogens (tertiary/aromatic N) is 2. The molecule has 1 aromatic heterocycles. The van der Waals surface area contributed by atoms with Crippen LogP contribution in [-0.4, -0.2) is 29.9 Å². The highest BCUT2D eigenvalue weighted by Gasteiger charge is 2.47. The van der Waals surface area contributed by atoms with Gasteiger partial charge in [0.15, 0.2) is 0 Å². The minimum absolute atomic E-state index is 0.0361. The molecule has 1 aromatic carbocycles. The number of anilines is 2. The maximum Gasteiger partial charge on any atom is 0.251 e. The molecule has 0 spiro atoms. The quantitative estimate of drug-likeness (QED) is 0.832. The first kappa shape index (κ1) is 19.4. The molecule has 0 unspecified atom stereocenters. The average Bonchev–Trinajstić information content (AvgIpc) is 3.54. The number of fused-ring (bicyclic) bond motifs is 1. The van der Waals surface area contributed by atoms with E-state index in [4.69, 9.17) is 0 Å². The molecule has 2 N–H and O–H groups in total. The van der Waals surface area contributed by atoms with Gasteiger partial charge in [0, 0.05) is 43.4 Å². The van der Waals surface area contributed by atoms with Crippen molar-refractivity contribution in [3.05, 3.63) is 53.2 Å². The van der Waals surface area contributed by atoms with Gasteiger partial charge in [-0.2, -0.15) is 0 Å². The van der Waals surface area contributed by atoms with Gasteiger partial charge >= 0.3 is 0 Å². The van der Waals surface area contributed by atoms with E-state index in [1.807, 2.05) is 42.3 Å². The Bertz CT molecular complexity index is 936. The number of aryl methyl sites for hydroxylation is 1. The van der Waals surface area contributed by atoms with Gasteiger partial charge in [0.1, 0.15) is 5.82 Å². The first-order valence-corrected chi connectivity index (χ1v) is 10.3. The Morgan fingerprint density at radius 2 is 1.93 bits per heavy atom. The van der Waals surface area contributed by atoms with Crippen molar-refractivity contribution in [1.82, 2.24) is 10.3 Å². The maximum absolute atomic E-state index is 12.6. The fourth-order valence-corrected chi connectivity index (χ4v) is 4.56. The number of nitrogens with one attached hydrogen (secondary N) is 2. The number of hydrogen-bond donors (Lipinski definition) is 2. The number of rotatable bonds is 4. The third-order valence-electron chi connectivity index (χ3n) is 6.13. The van der Waals surface area contributed by atoms with Crippen LogP contribution in [0.5, 0.6) is 0 Å². The molecule has 3 atom stereocenters. The lowest BCUT2D eigenvalue weighted by molar-refractivity contribution is -0.117. The van der Waals surface area contributed by atoms with E-state index in [1.54, 1.807) is 20.0 Å². The van der Waals surface area contributed by atoms with Crippen molar-refractivity contribution in [3.63, 3.8) is 0 Å². The van der Waals surface area contributed by atoms with E-state index in [1.165, 1.54) is 0 Å². The van der Waals surface area contributed by atoms with Crippen molar-refractivity contribution >= 4 is 23.3 Å². The molecule has 152 valence electrons. The van der Waals surface area contributed by atoms with Gasteiger partial charge in [-0.05, 0) is 61.1 Å². The standard InChI is InChI=1S/C23H28N4O2/c1-13-5-10-20(25-12-13)26-21-14(2)22(16-6-7-16)27(15(3)28)19-9-8-17(11-18(19)21)23(29)24-4/h5,8-12,14,16,21-22H,6-7H2,1-4H3,(H,24,29)(H,25,26)/t14-,21-,22-/m1/s1. The van der Waals surface area contributed by atoms with Crippen LogP contribution in [0, 0.1) is 18.8 Å². The van der Waals surface area contributed by atoms with E-state index in [-0.39, 0.29) is 29.8 Å². The summed E-state index contributed by atoms with van der Waals surface area (Å²) in [5.74, 6) is 1.42. The zero-order valence-corrected chi connectivity index (χ0v) is 17.4. The van der Waals surface area contributed by atoms with E-state index in [9.17, 15) is 9.59 Å². The van der Waals surface area contributed by atoms with Gasteiger partial charge in [-0.25, -0.2) is 4.98 Å². The van der Waals surface area contributed by atoms with Crippen LogP contribution in [0.3, 0.4) is 0 Å². The number of carbonyl (C=O) groups is 2. The molecule has 1 saturated carbocycles. The SMILES string of the molecule is CNC(=O)c1ccc2c(c1)[C@H](Nc1ccc(C)cn1)[C@@H](C)[C@H](C1CC1)N2C(C)=O. The average molecular weight is 393 g/mol. The molecule has 6 nitrogen and oxygen atoms in total. The summed E-state index contributed by atoms with van der Waals surface area (Å²) in [5.41, 5.74) is 3.56. The third-order valence-corrected chi connectivity index (χ3v) is 6.13. The van der Waals surface area contributed by atoms with Crippen LogP contribution in [0.2, 0.25) is 0 Å². The van der Waals surface area contributed by atoms with Crippen LogP contribution in [-0.2, 0) is 4.79 Å². The second kappa shape index (κ2) is 7.50. The molecular weight excluding hydrogens is 364 g/mol. The van der Waals surface area contributed by atoms with E-state index < -0.39 is 0 Å². The maximum atomic E-state index is 12.6. The topological polar surface area (TPSA) is 74.3 Å². The van der Waals surface area contributed by atoms with Crippen molar-refractivity contribution in [3.8, 4) is 0 Å². The highest BCUT2D eigenvalue weighted by atomic mass is 16.2. The number of carbonyl (C=O) groups excluding carboxylic acids is 2. The van der Waals surface area contributed by atoms with Gasteiger partial charge < -0.3 is 15.5 Å². The van der Waals surface area contributed by atoms with E-state index >= 15 is 0 Å². The largest absolute Gasteiger partial charge is 0.363 e. The molecule has 2 aliphatic rings. The van der Waals surface area contributed by atoms with Crippen LogP contribution in [0.15, 0.2) is 36.5 Å². The zero-order valence-electron chi connectivity index (χ0n) is 17.4. The van der Waals surface area contributed by atoms with E-state index in [0.29, 0.717) is 11.5 Å². The van der Waals surface area contributed by atoms with Crippen molar-refractivity contribution in [2.75, 3.05) is 17.3 Å². The molecule has 1 fully saturated rings. The molecule has 29 heavy (non-hydrogen) atoms. The lowest BCUT2D eigenvalue weighted by Crippen LogP contribution is -2.51.